The summed E-state index contributed by atoms with van der Waals surface area (Å²) in [4.78, 5) is 20.3. The number of thioether (sulfide) groups is 1. The minimum absolute atomic E-state index is 0.0458. The average Bonchev–Trinajstić information content (AvgIpc) is 3.15. The van der Waals surface area contributed by atoms with E-state index in [4.69, 9.17) is 0 Å². The molecule has 0 aliphatic carbocycles. The standard InChI is InChI=1S/C26H35N3OS/c1-8-9-10-21-11-13-23(14-12-21)29-19(6)15-22(20(29)7)16-24-25(30)28(18(4)5)26(31-24)27-17(2)3/h11-18H,8-10H2,1-7H3/b24-16+,27-26?. The van der Waals surface area contributed by atoms with Crippen LogP contribution in [-0.4, -0.2) is 32.6 Å². The summed E-state index contributed by atoms with van der Waals surface area (Å²) >= 11 is 1.49. The van der Waals surface area contributed by atoms with Crippen molar-refractivity contribution >= 4 is 28.9 Å². The number of rotatable bonds is 7. The Morgan fingerprint density at radius 1 is 1.10 bits per heavy atom. The summed E-state index contributed by atoms with van der Waals surface area (Å²) in [5, 5.41) is 0.803. The van der Waals surface area contributed by atoms with Crippen LogP contribution in [0, 0.1) is 13.8 Å². The first kappa shape index (κ1) is 23.4. The van der Waals surface area contributed by atoms with Crippen molar-refractivity contribution in [2.75, 3.05) is 0 Å². The molecule has 1 aromatic carbocycles. The number of nitrogens with zero attached hydrogens (tertiary/aromatic N) is 3. The first-order chi connectivity index (χ1) is 14.7. The number of benzene rings is 1. The van der Waals surface area contributed by atoms with Crippen molar-refractivity contribution in [1.82, 2.24) is 9.47 Å². The zero-order valence-corrected chi connectivity index (χ0v) is 20.7. The van der Waals surface area contributed by atoms with Gasteiger partial charge >= 0.3 is 0 Å². The normalized spacial score (nSPS) is 17.2. The fourth-order valence-corrected chi connectivity index (χ4v) is 5.14. The van der Waals surface area contributed by atoms with Crippen LogP contribution in [0.3, 0.4) is 0 Å². The number of carbonyl (C=O) groups is 1. The molecule has 0 spiro atoms. The number of carbonyl (C=O) groups excluding carboxylic acids is 1. The van der Waals surface area contributed by atoms with Crippen molar-refractivity contribution < 1.29 is 4.79 Å². The Hall–Kier alpha value is -2.27. The van der Waals surface area contributed by atoms with E-state index in [9.17, 15) is 4.79 Å². The number of aliphatic imine (C=N–C) groups is 1. The van der Waals surface area contributed by atoms with E-state index in [0.717, 1.165) is 39.1 Å². The molecule has 0 N–H and O–H groups in total. The van der Waals surface area contributed by atoms with Gasteiger partial charge in [0.2, 0.25) is 0 Å². The molecule has 0 bridgehead atoms. The third-order valence-corrected chi connectivity index (χ3v) is 6.49. The number of hydrogen-bond acceptors (Lipinski definition) is 3. The lowest BCUT2D eigenvalue weighted by Crippen LogP contribution is -2.35. The molecule has 0 radical (unpaired) electrons. The minimum atomic E-state index is 0.0458. The van der Waals surface area contributed by atoms with E-state index in [2.05, 4.69) is 60.7 Å². The Kier molecular flexibility index (Phi) is 7.47. The molecule has 166 valence electrons. The molecule has 1 aromatic heterocycles. The van der Waals surface area contributed by atoms with Gasteiger partial charge < -0.3 is 4.57 Å². The van der Waals surface area contributed by atoms with E-state index in [1.54, 1.807) is 0 Å². The summed E-state index contributed by atoms with van der Waals surface area (Å²) in [7, 11) is 0. The third kappa shape index (κ3) is 5.15. The summed E-state index contributed by atoms with van der Waals surface area (Å²) in [5.41, 5.74) is 5.94. The van der Waals surface area contributed by atoms with Crippen LogP contribution in [0.2, 0.25) is 0 Å². The van der Waals surface area contributed by atoms with Gasteiger partial charge in [0.15, 0.2) is 5.17 Å². The van der Waals surface area contributed by atoms with Gasteiger partial charge in [-0.25, -0.2) is 0 Å². The highest BCUT2D eigenvalue weighted by atomic mass is 32.2. The Labute approximate surface area is 191 Å². The maximum absolute atomic E-state index is 13.1. The molecule has 3 rings (SSSR count). The van der Waals surface area contributed by atoms with Crippen LogP contribution < -0.4 is 0 Å². The molecule has 31 heavy (non-hydrogen) atoms. The molecule has 1 aliphatic rings. The van der Waals surface area contributed by atoms with Crippen molar-refractivity contribution in [2.45, 2.75) is 79.8 Å². The van der Waals surface area contributed by atoms with Gasteiger partial charge in [0.05, 0.1) is 4.91 Å². The monoisotopic (exact) mass is 437 g/mol. The zero-order valence-electron chi connectivity index (χ0n) is 19.9. The average molecular weight is 438 g/mol. The lowest BCUT2D eigenvalue weighted by molar-refractivity contribution is -0.123. The fraction of sp³-hybridized carbons (Fsp3) is 0.462. The summed E-state index contributed by atoms with van der Waals surface area (Å²) in [6, 6.07) is 11.3. The molecule has 2 aromatic rings. The summed E-state index contributed by atoms with van der Waals surface area (Å²) < 4.78 is 2.27. The highest BCUT2D eigenvalue weighted by Gasteiger charge is 2.35. The summed E-state index contributed by atoms with van der Waals surface area (Å²) in [6.45, 7) is 14.6. The number of amides is 1. The number of aromatic nitrogens is 1. The molecule has 0 saturated carbocycles. The minimum Gasteiger partial charge on any atom is -0.318 e. The number of aryl methyl sites for hydroxylation is 2. The van der Waals surface area contributed by atoms with Crippen LogP contribution in [0.1, 0.15) is 70.0 Å². The predicted molar refractivity (Wildman–Crippen MR) is 134 cm³/mol. The van der Waals surface area contributed by atoms with Crippen molar-refractivity contribution in [3.63, 3.8) is 0 Å². The second-order valence-electron chi connectivity index (χ2n) is 8.82. The molecule has 1 fully saturated rings. The van der Waals surface area contributed by atoms with E-state index in [1.807, 2.05) is 38.7 Å². The van der Waals surface area contributed by atoms with Gasteiger partial charge in [0.25, 0.3) is 5.91 Å². The van der Waals surface area contributed by atoms with Crippen LogP contribution in [0.5, 0.6) is 0 Å². The van der Waals surface area contributed by atoms with E-state index < -0.39 is 0 Å². The van der Waals surface area contributed by atoms with E-state index >= 15 is 0 Å². The van der Waals surface area contributed by atoms with Gasteiger partial charge in [-0.15, -0.1) is 0 Å². The second-order valence-corrected chi connectivity index (χ2v) is 9.83. The number of hydrogen-bond donors (Lipinski definition) is 0. The fourth-order valence-electron chi connectivity index (χ4n) is 3.92. The number of unbranched alkanes of at least 4 members (excludes halogenated alkanes) is 1. The smallest absolute Gasteiger partial charge is 0.266 e. The summed E-state index contributed by atoms with van der Waals surface area (Å²) in [5.74, 6) is 0.0458. The van der Waals surface area contributed by atoms with Crippen LogP contribution >= 0.6 is 11.8 Å². The molecule has 2 heterocycles. The molecule has 1 saturated heterocycles. The van der Waals surface area contributed by atoms with Crippen LogP contribution in [0.25, 0.3) is 11.8 Å². The van der Waals surface area contributed by atoms with Crippen molar-refractivity contribution in [3.8, 4) is 5.69 Å². The molecule has 1 amide bonds. The molecule has 0 unspecified atom stereocenters. The van der Waals surface area contributed by atoms with Gasteiger partial charge in [0, 0.05) is 29.2 Å². The van der Waals surface area contributed by atoms with E-state index in [0.29, 0.717) is 0 Å². The highest BCUT2D eigenvalue weighted by Crippen LogP contribution is 2.35. The molecule has 5 heteroatoms. The van der Waals surface area contributed by atoms with Gasteiger partial charge in [0.1, 0.15) is 0 Å². The SMILES string of the molecule is CCCCc1ccc(-n2c(C)cc(/C=C3/SC(=NC(C)C)N(C(C)C)C3=O)c2C)cc1. The third-order valence-electron chi connectivity index (χ3n) is 5.49. The van der Waals surface area contributed by atoms with Crippen LogP contribution in [0.4, 0.5) is 0 Å². The predicted octanol–water partition coefficient (Wildman–Crippen LogP) is 6.53. The van der Waals surface area contributed by atoms with Crippen molar-refractivity contribution in [3.05, 3.63) is 57.8 Å². The van der Waals surface area contributed by atoms with E-state index in [-0.39, 0.29) is 18.0 Å². The first-order valence-corrected chi connectivity index (χ1v) is 12.1. The van der Waals surface area contributed by atoms with Crippen molar-refractivity contribution in [1.29, 1.82) is 0 Å². The van der Waals surface area contributed by atoms with Gasteiger partial charge in [-0.2, -0.15) is 0 Å². The molecule has 1 aliphatic heterocycles. The number of amidine groups is 1. The van der Waals surface area contributed by atoms with Gasteiger partial charge in [-0.05, 0) is 102 Å². The zero-order chi connectivity index (χ0) is 22.7. The Balaban J connectivity index is 1.93. The molecular formula is C26H35N3OS. The van der Waals surface area contributed by atoms with Crippen LogP contribution in [0.15, 0.2) is 40.2 Å². The summed E-state index contributed by atoms with van der Waals surface area (Å²) in [6.07, 6.45) is 5.59. The van der Waals surface area contributed by atoms with Gasteiger partial charge in [-0.1, -0.05) is 25.5 Å². The maximum Gasteiger partial charge on any atom is 0.266 e. The Morgan fingerprint density at radius 3 is 2.35 bits per heavy atom. The van der Waals surface area contributed by atoms with Gasteiger partial charge in [-0.3, -0.25) is 14.7 Å². The van der Waals surface area contributed by atoms with Crippen LogP contribution in [-0.2, 0) is 11.2 Å². The topological polar surface area (TPSA) is 37.6 Å². The molecular weight excluding hydrogens is 402 g/mol. The second kappa shape index (κ2) is 9.90. The quantitative estimate of drug-likeness (QED) is 0.462. The van der Waals surface area contributed by atoms with Crippen molar-refractivity contribution in [2.24, 2.45) is 4.99 Å². The highest BCUT2D eigenvalue weighted by molar-refractivity contribution is 8.18. The molecule has 0 atom stereocenters. The lowest BCUT2D eigenvalue weighted by Gasteiger charge is -2.20. The maximum atomic E-state index is 13.1. The lowest BCUT2D eigenvalue weighted by atomic mass is 10.1. The Morgan fingerprint density at radius 2 is 1.77 bits per heavy atom. The van der Waals surface area contributed by atoms with E-state index in [1.165, 1.54) is 30.2 Å². The molecule has 4 nitrogen and oxygen atoms in total. The Bertz CT molecular complexity index is 996. The largest absolute Gasteiger partial charge is 0.318 e. The first-order valence-electron chi connectivity index (χ1n) is 11.3.